The summed E-state index contributed by atoms with van der Waals surface area (Å²) in [7, 11) is 0. The van der Waals surface area contributed by atoms with Crippen molar-refractivity contribution in [2.45, 2.75) is 71.4 Å². The summed E-state index contributed by atoms with van der Waals surface area (Å²) in [5, 5.41) is 0. The molecule has 0 atom stereocenters. The summed E-state index contributed by atoms with van der Waals surface area (Å²) in [6.07, 6.45) is 2.84. The molecule has 0 spiro atoms. The lowest BCUT2D eigenvalue weighted by Gasteiger charge is -2.27. The number of nitrogens with two attached hydrogens (primary N) is 1. The summed E-state index contributed by atoms with van der Waals surface area (Å²) in [6.45, 7) is 10.6. The minimum atomic E-state index is -0.226. The maximum Gasteiger partial charge on any atom is 0.132 e. The largest absolute Gasteiger partial charge is 0.375 e. The Bertz CT molecular complexity index is 216. The maximum absolute atomic E-state index is 11.2. The summed E-state index contributed by atoms with van der Waals surface area (Å²) in [5.41, 5.74) is 5.46. The molecule has 0 amide bonds. The van der Waals surface area contributed by atoms with Gasteiger partial charge in [0, 0.05) is 25.0 Å². The molecule has 16 heavy (non-hydrogen) atoms. The molecule has 0 heterocycles. The van der Waals surface area contributed by atoms with Crippen LogP contribution in [0.4, 0.5) is 0 Å². The standard InChI is InChI=1S/C13H27NO2/c1-6-11(15)7-8-13(4,5)16-10-9-12(2,3)14/h6-10,14H2,1-5H3. The van der Waals surface area contributed by atoms with Gasteiger partial charge in [-0.15, -0.1) is 0 Å². The molecule has 0 aromatic carbocycles. The molecule has 96 valence electrons. The van der Waals surface area contributed by atoms with Gasteiger partial charge in [0.2, 0.25) is 0 Å². The average Bonchev–Trinajstić information content (AvgIpc) is 2.12. The van der Waals surface area contributed by atoms with E-state index in [1.807, 2.05) is 34.6 Å². The van der Waals surface area contributed by atoms with Gasteiger partial charge < -0.3 is 10.5 Å². The highest BCUT2D eigenvalue weighted by Crippen LogP contribution is 2.18. The number of ether oxygens (including phenoxy) is 1. The molecule has 0 aliphatic rings. The van der Waals surface area contributed by atoms with Crippen LogP contribution in [0.25, 0.3) is 0 Å². The van der Waals surface area contributed by atoms with Crippen molar-refractivity contribution in [3.05, 3.63) is 0 Å². The molecule has 0 aromatic rings. The zero-order valence-electron chi connectivity index (χ0n) is 11.4. The van der Waals surface area contributed by atoms with Crippen LogP contribution >= 0.6 is 0 Å². The molecule has 3 nitrogen and oxygen atoms in total. The van der Waals surface area contributed by atoms with Crippen molar-refractivity contribution in [3.8, 4) is 0 Å². The van der Waals surface area contributed by atoms with E-state index >= 15 is 0 Å². The first-order valence-corrected chi connectivity index (χ1v) is 6.11. The molecule has 0 aromatic heterocycles. The molecule has 0 fully saturated rings. The number of carbonyl (C=O) groups excluding carboxylic acids is 1. The second-order valence-electron chi connectivity index (χ2n) is 5.74. The van der Waals surface area contributed by atoms with Crippen molar-refractivity contribution in [3.63, 3.8) is 0 Å². The van der Waals surface area contributed by atoms with Crippen LogP contribution in [0.15, 0.2) is 0 Å². The molecule has 0 saturated carbocycles. The Morgan fingerprint density at radius 3 is 2.19 bits per heavy atom. The van der Waals surface area contributed by atoms with Gasteiger partial charge in [0.15, 0.2) is 0 Å². The summed E-state index contributed by atoms with van der Waals surface area (Å²) in [5.74, 6) is 0.302. The van der Waals surface area contributed by atoms with E-state index in [1.165, 1.54) is 0 Å². The van der Waals surface area contributed by atoms with E-state index < -0.39 is 0 Å². The van der Waals surface area contributed by atoms with Crippen LogP contribution in [0.3, 0.4) is 0 Å². The molecule has 0 aliphatic carbocycles. The van der Waals surface area contributed by atoms with Crippen molar-refractivity contribution in [1.29, 1.82) is 0 Å². The highest BCUT2D eigenvalue weighted by molar-refractivity contribution is 5.78. The van der Waals surface area contributed by atoms with Gasteiger partial charge in [0.25, 0.3) is 0 Å². The lowest BCUT2D eigenvalue weighted by molar-refractivity contribution is -0.120. The van der Waals surface area contributed by atoms with Gasteiger partial charge in [-0.05, 0) is 40.5 Å². The highest BCUT2D eigenvalue weighted by atomic mass is 16.5. The van der Waals surface area contributed by atoms with E-state index in [1.54, 1.807) is 0 Å². The molecule has 0 saturated heterocycles. The Morgan fingerprint density at radius 1 is 1.19 bits per heavy atom. The first kappa shape index (κ1) is 15.6. The van der Waals surface area contributed by atoms with Gasteiger partial charge in [0.05, 0.1) is 5.60 Å². The van der Waals surface area contributed by atoms with E-state index in [9.17, 15) is 4.79 Å². The van der Waals surface area contributed by atoms with E-state index in [-0.39, 0.29) is 11.1 Å². The number of Topliss-reactive ketones (excluding diaryl/α,β-unsaturated/α-hetero) is 1. The molecule has 0 bridgehead atoms. The Hall–Kier alpha value is -0.410. The van der Waals surface area contributed by atoms with Crippen molar-refractivity contribution in [2.75, 3.05) is 6.61 Å². The van der Waals surface area contributed by atoms with Crippen molar-refractivity contribution in [2.24, 2.45) is 5.73 Å². The maximum atomic E-state index is 11.2. The van der Waals surface area contributed by atoms with Crippen LogP contribution in [0, 0.1) is 0 Å². The highest BCUT2D eigenvalue weighted by Gasteiger charge is 2.20. The Balaban J connectivity index is 3.82. The fourth-order valence-corrected chi connectivity index (χ4v) is 1.28. The van der Waals surface area contributed by atoms with Gasteiger partial charge in [0.1, 0.15) is 5.78 Å². The van der Waals surface area contributed by atoms with E-state index in [0.29, 0.717) is 25.2 Å². The third-order valence-corrected chi connectivity index (χ3v) is 2.64. The van der Waals surface area contributed by atoms with E-state index in [2.05, 4.69) is 0 Å². The van der Waals surface area contributed by atoms with Crippen LogP contribution < -0.4 is 5.73 Å². The van der Waals surface area contributed by atoms with Gasteiger partial charge in [-0.1, -0.05) is 6.92 Å². The van der Waals surface area contributed by atoms with E-state index in [4.69, 9.17) is 10.5 Å². The molecule has 0 aliphatic heterocycles. The minimum absolute atomic E-state index is 0.185. The number of rotatable bonds is 8. The number of ketones is 1. The average molecular weight is 229 g/mol. The summed E-state index contributed by atoms with van der Waals surface area (Å²) in [4.78, 5) is 11.2. The molecule has 0 radical (unpaired) electrons. The fourth-order valence-electron chi connectivity index (χ4n) is 1.28. The second kappa shape index (κ2) is 6.36. The summed E-state index contributed by atoms with van der Waals surface area (Å²) in [6, 6.07) is 0. The first-order valence-electron chi connectivity index (χ1n) is 6.11. The number of hydrogen-bond acceptors (Lipinski definition) is 3. The number of hydrogen-bond donors (Lipinski definition) is 1. The van der Waals surface area contributed by atoms with Crippen LogP contribution in [0.2, 0.25) is 0 Å². The van der Waals surface area contributed by atoms with Gasteiger partial charge in [-0.2, -0.15) is 0 Å². The molecule has 0 rings (SSSR count). The summed E-state index contributed by atoms with van der Waals surface area (Å²) < 4.78 is 5.77. The predicted molar refractivity (Wildman–Crippen MR) is 67.4 cm³/mol. The fraction of sp³-hybridized carbons (Fsp3) is 0.923. The van der Waals surface area contributed by atoms with E-state index in [0.717, 1.165) is 12.8 Å². The van der Waals surface area contributed by atoms with Crippen molar-refractivity contribution < 1.29 is 9.53 Å². The van der Waals surface area contributed by atoms with Crippen LogP contribution in [0.5, 0.6) is 0 Å². The monoisotopic (exact) mass is 229 g/mol. The van der Waals surface area contributed by atoms with Crippen LogP contribution in [-0.2, 0) is 9.53 Å². The molecular weight excluding hydrogens is 202 g/mol. The molecule has 0 unspecified atom stereocenters. The topological polar surface area (TPSA) is 52.3 Å². The first-order chi connectivity index (χ1) is 7.16. The van der Waals surface area contributed by atoms with Crippen LogP contribution in [-0.4, -0.2) is 23.5 Å². The van der Waals surface area contributed by atoms with Crippen molar-refractivity contribution >= 4 is 5.78 Å². The normalized spacial score (nSPS) is 12.9. The lowest BCUT2D eigenvalue weighted by Crippen LogP contribution is -2.35. The molecule has 3 heteroatoms. The predicted octanol–water partition coefficient (Wildman–Crippen LogP) is 2.67. The number of carbonyl (C=O) groups is 1. The smallest absolute Gasteiger partial charge is 0.132 e. The molecular formula is C13H27NO2. The van der Waals surface area contributed by atoms with Gasteiger partial charge in [-0.25, -0.2) is 0 Å². The zero-order valence-corrected chi connectivity index (χ0v) is 11.4. The summed E-state index contributed by atoms with van der Waals surface area (Å²) >= 11 is 0. The van der Waals surface area contributed by atoms with Gasteiger partial charge >= 0.3 is 0 Å². The quantitative estimate of drug-likeness (QED) is 0.696. The third kappa shape index (κ3) is 8.86. The SMILES string of the molecule is CCC(=O)CCC(C)(C)OCCC(C)(C)N. The zero-order chi connectivity index (χ0) is 12.8. The van der Waals surface area contributed by atoms with Crippen LogP contribution in [0.1, 0.15) is 60.3 Å². The third-order valence-electron chi connectivity index (χ3n) is 2.64. The second-order valence-corrected chi connectivity index (χ2v) is 5.74. The van der Waals surface area contributed by atoms with Crippen molar-refractivity contribution in [1.82, 2.24) is 0 Å². The minimum Gasteiger partial charge on any atom is -0.375 e. The Morgan fingerprint density at radius 2 is 1.75 bits per heavy atom. The van der Waals surface area contributed by atoms with Gasteiger partial charge in [-0.3, -0.25) is 4.79 Å². The Kier molecular flexibility index (Phi) is 6.19. The lowest BCUT2D eigenvalue weighted by atomic mass is 9.99. The Labute approximate surface area is 99.7 Å². The molecule has 2 N–H and O–H groups in total.